The van der Waals surface area contributed by atoms with Crippen LogP contribution in [0.15, 0.2) is 4.99 Å². The molecule has 7 nitrogen and oxygen atoms in total. The molecule has 1 fully saturated rings. The van der Waals surface area contributed by atoms with Gasteiger partial charge in [-0.2, -0.15) is 0 Å². The predicted octanol–water partition coefficient (Wildman–Crippen LogP) is 0.00260. The maximum atomic E-state index is 11.0. The van der Waals surface area contributed by atoms with Gasteiger partial charge in [0.2, 0.25) is 10.0 Å². The first kappa shape index (κ1) is 21.9. The number of halogens is 1. The summed E-state index contributed by atoms with van der Waals surface area (Å²) in [5.41, 5.74) is 0. The summed E-state index contributed by atoms with van der Waals surface area (Å²) in [6, 6.07) is 0. The van der Waals surface area contributed by atoms with Crippen LogP contribution in [0.2, 0.25) is 0 Å². The molecule has 0 aromatic carbocycles. The molecule has 2 N–H and O–H groups in total. The first-order valence-electron chi connectivity index (χ1n) is 7.44. The molecular weight excluding hydrogens is 417 g/mol. The maximum absolute atomic E-state index is 11.0. The molecule has 0 radical (unpaired) electrons. The third-order valence-corrected chi connectivity index (χ3v) is 4.01. The van der Waals surface area contributed by atoms with Crippen LogP contribution in [0, 0.1) is 5.92 Å². The normalized spacial score (nSPS) is 17.5. The fourth-order valence-corrected chi connectivity index (χ4v) is 2.87. The van der Waals surface area contributed by atoms with Crippen LogP contribution in [0.4, 0.5) is 0 Å². The molecule has 1 rings (SSSR count). The monoisotopic (exact) mass is 447 g/mol. The topological polar surface area (TPSA) is 77.0 Å². The van der Waals surface area contributed by atoms with Gasteiger partial charge in [-0.3, -0.25) is 9.89 Å². The molecule has 9 heteroatoms. The lowest BCUT2D eigenvalue weighted by atomic mass is 10.2. The third-order valence-electron chi connectivity index (χ3n) is 3.28. The molecule has 0 amide bonds. The van der Waals surface area contributed by atoms with Gasteiger partial charge in [-0.05, 0) is 5.92 Å². The van der Waals surface area contributed by atoms with Crippen molar-refractivity contribution in [1.29, 1.82) is 0 Å². The number of rotatable bonds is 6. The first-order chi connectivity index (χ1) is 9.81. The molecule has 0 aromatic heterocycles. The van der Waals surface area contributed by atoms with Gasteiger partial charge in [-0.15, -0.1) is 24.0 Å². The van der Waals surface area contributed by atoms with E-state index in [4.69, 9.17) is 0 Å². The smallest absolute Gasteiger partial charge is 0.208 e. The zero-order chi connectivity index (χ0) is 15.9. The van der Waals surface area contributed by atoms with Gasteiger partial charge in [-0.1, -0.05) is 13.8 Å². The van der Waals surface area contributed by atoms with Crippen molar-refractivity contribution in [2.75, 3.05) is 59.1 Å². The Balaban J connectivity index is 0.00000441. The Morgan fingerprint density at radius 3 is 2.23 bits per heavy atom. The van der Waals surface area contributed by atoms with Crippen LogP contribution in [0.25, 0.3) is 0 Å². The lowest BCUT2D eigenvalue weighted by Gasteiger charge is -2.37. The highest BCUT2D eigenvalue weighted by atomic mass is 127. The number of piperazine rings is 1. The minimum Gasteiger partial charge on any atom is -0.355 e. The van der Waals surface area contributed by atoms with Crippen molar-refractivity contribution < 1.29 is 8.42 Å². The summed E-state index contributed by atoms with van der Waals surface area (Å²) >= 11 is 0. The number of nitrogens with zero attached hydrogens (tertiary/aromatic N) is 3. The van der Waals surface area contributed by atoms with Crippen molar-refractivity contribution in [2.24, 2.45) is 10.9 Å². The average Bonchev–Trinajstić information content (AvgIpc) is 2.38. The molecule has 0 atom stereocenters. The summed E-state index contributed by atoms with van der Waals surface area (Å²) in [5, 5.41) is 3.20. The second-order valence-corrected chi connectivity index (χ2v) is 7.66. The first-order valence-corrected chi connectivity index (χ1v) is 9.33. The van der Waals surface area contributed by atoms with Gasteiger partial charge >= 0.3 is 0 Å². The van der Waals surface area contributed by atoms with Crippen LogP contribution >= 0.6 is 24.0 Å². The summed E-state index contributed by atoms with van der Waals surface area (Å²) in [6.07, 6.45) is 1.16. The van der Waals surface area contributed by atoms with Crippen LogP contribution in [0.3, 0.4) is 0 Å². The standard InChI is InChI=1S/C13H29N5O2S.HI/c1-12(2)11-17-7-9-18(10-8-17)13(14-3)15-5-6-16-21(4,19)20;/h12,16H,5-11H2,1-4H3,(H,14,15);1H. The Bertz CT molecular complexity index is 434. The second kappa shape index (κ2) is 10.6. The molecule has 1 aliphatic rings. The Kier molecular flexibility index (Phi) is 10.5. The molecule has 132 valence electrons. The summed E-state index contributed by atoms with van der Waals surface area (Å²) < 4.78 is 24.4. The molecule has 22 heavy (non-hydrogen) atoms. The quantitative estimate of drug-likeness (QED) is 0.260. The van der Waals surface area contributed by atoms with Crippen LogP contribution in [0.5, 0.6) is 0 Å². The summed E-state index contributed by atoms with van der Waals surface area (Å²) in [6.45, 7) is 10.5. The number of guanidine groups is 1. The van der Waals surface area contributed by atoms with Gasteiger partial charge < -0.3 is 10.2 Å². The predicted molar refractivity (Wildman–Crippen MR) is 102 cm³/mol. The van der Waals surface area contributed by atoms with Crippen LogP contribution in [-0.2, 0) is 10.0 Å². The van der Waals surface area contributed by atoms with Crippen molar-refractivity contribution in [1.82, 2.24) is 19.8 Å². The van der Waals surface area contributed by atoms with E-state index in [1.807, 2.05) is 0 Å². The Hall–Kier alpha value is -0.130. The van der Waals surface area contributed by atoms with Crippen molar-refractivity contribution in [3.05, 3.63) is 0 Å². The van der Waals surface area contributed by atoms with Crippen molar-refractivity contribution in [2.45, 2.75) is 13.8 Å². The SMILES string of the molecule is CN=C(NCCNS(C)(=O)=O)N1CCN(CC(C)C)CC1.I. The molecule has 0 spiro atoms. The minimum absolute atomic E-state index is 0. The highest BCUT2D eigenvalue weighted by Gasteiger charge is 2.19. The highest BCUT2D eigenvalue weighted by Crippen LogP contribution is 2.05. The Morgan fingerprint density at radius 2 is 1.77 bits per heavy atom. The van der Waals surface area contributed by atoms with E-state index >= 15 is 0 Å². The Labute approximate surface area is 152 Å². The minimum atomic E-state index is -3.12. The fourth-order valence-electron chi connectivity index (χ4n) is 2.40. The molecule has 0 saturated carbocycles. The van der Waals surface area contributed by atoms with E-state index in [1.54, 1.807) is 7.05 Å². The van der Waals surface area contributed by atoms with Crippen molar-refractivity contribution >= 4 is 40.0 Å². The average molecular weight is 447 g/mol. The van der Waals surface area contributed by atoms with Crippen LogP contribution < -0.4 is 10.0 Å². The van der Waals surface area contributed by atoms with Gasteiger partial charge in [0.25, 0.3) is 0 Å². The number of sulfonamides is 1. The molecule has 0 bridgehead atoms. The summed E-state index contributed by atoms with van der Waals surface area (Å²) in [7, 11) is -1.37. The maximum Gasteiger partial charge on any atom is 0.208 e. The van der Waals surface area contributed by atoms with Gasteiger partial charge in [0, 0.05) is 52.9 Å². The van der Waals surface area contributed by atoms with Gasteiger partial charge in [0.05, 0.1) is 6.26 Å². The molecule has 0 unspecified atom stereocenters. The van der Waals surface area contributed by atoms with E-state index in [0.29, 0.717) is 19.0 Å². The molecule has 1 heterocycles. The largest absolute Gasteiger partial charge is 0.355 e. The zero-order valence-corrected chi connectivity index (χ0v) is 17.1. The summed E-state index contributed by atoms with van der Waals surface area (Å²) in [4.78, 5) is 8.96. The molecule has 0 aliphatic carbocycles. The van der Waals surface area contributed by atoms with Crippen LogP contribution in [0.1, 0.15) is 13.8 Å². The molecular formula is C13H30IN5O2S. The van der Waals surface area contributed by atoms with Crippen LogP contribution in [-0.4, -0.2) is 83.3 Å². The Morgan fingerprint density at radius 1 is 1.18 bits per heavy atom. The van der Waals surface area contributed by atoms with Gasteiger partial charge in [0.15, 0.2) is 5.96 Å². The molecule has 1 saturated heterocycles. The number of hydrogen-bond acceptors (Lipinski definition) is 4. The van der Waals surface area contributed by atoms with Gasteiger partial charge in [-0.25, -0.2) is 13.1 Å². The molecule has 1 aliphatic heterocycles. The number of hydrogen-bond donors (Lipinski definition) is 2. The van der Waals surface area contributed by atoms with Gasteiger partial charge in [0.1, 0.15) is 0 Å². The lowest BCUT2D eigenvalue weighted by molar-refractivity contribution is 0.164. The number of aliphatic imine (C=N–C) groups is 1. The molecule has 0 aromatic rings. The summed E-state index contributed by atoms with van der Waals surface area (Å²) in [5.74, 6) is 1.53. The van der Waals surface area contributed by atoms with E-state index in [1.165, 1.54) is 0 Å². The fraction of sp³-hybridized carbons (Fsp3) is 0.923. The van der Waals surface area contributed by atoms with E-state index < -0.39 is 10.0 Å². The van der Waals surface area contributed by atoms with E-state index in [2.05, 4.69) is 38.7 Å². The number of nitrogens with one attached hydrogen (secondary N) is 2. The lowest BCUT2D eigenvalue weighted by Crippen LogP contribution is -2.53. The van der Waals surface area contributed by atoms with E-state index in [9.17, 15) is 8.42 Å². The van der Waals surface area contributed by atoms with Crippen molar-refractivity contribution in [3.63, 3.8) is 0 Å². The second-order valence-electron chi connectivity index (χ2n) is 5.82. The zero-order valence-electron chi connectivity index (χ0n) is 14.0. The highest BCUT2D eigenvalue weighted by molar-refractivity contribution is 14.0. The van der Waals surface area contributed by atoms with Crippen molar-refractivity contribution in [3.8, 4) is 0 Å². The van der Waals surface area contributed by atoms with E-state index in [0.717, 1.165) is 44.9 Å². The van der Waals surface area contributed by atoms with E-state index in [-0.39, 0.29) is 24.0 Å². The third kappa shape index (κ3) is 9.11.